The van der Waals surface area contributed by atoms with Crippen LogP contribution in [0.2, 0.25) is 0 Å². The summed E-state index contributed by atoms with van der Waals surface area (Å²) in [7, 11) is 0. The summed E-state index contributed by atoms with van der Waals surface area (Å²) >= 11 is 0. The Morgan fingerprint density at radius 3 is 2.81 bits per heavy atom. The predicted octanol–water partition coefficient (Wildman–Crippen LogP) is 0.779. The molecule has 2 aliphatic rings. The number of rotatable bonds is 5. The second-order valence-electron chi connectivity index (χ2n) is 7.45. The Bertz CT molecular complexity index is 573. The van der Waals surface area contributed by atoms with Crippen LogP contribution in [0, 0.1) is 5.92 Å². The number of urea groups is 1. The highest BCUT2D eigenvalue weighted by Crippen LogP contribution is 2.31. The Labute approximate surface area is 155 Å². The lowest BCUT2D eigenvalue weighted by Crippen LogP contribution is -2.50. The first-order valence-electron chi connectivity index (χ1n) is 9.60. The number of carbonyl (C=O) groups excluding carboxylic acids is 1. The van der Waals surface area contributed by atoms with Crippen LogP contribution in [-0.4, -0.2) is 76.9 Å². The van der Waals surface area contributed by atoms with Gasteiger partial charge in [-0.15, -0.1) is 0 Å². The fraction of sp³-hybridized carbons (Fsp3) is 0.684. The molecule has 2 aliphatic heterocycles. The average Bonchev–Trinajstić information content (AvgIpc) is 2.68. The first-order chi connectivity index (χ1) is 12.6. The summed E-state index contributed by atoms with van der Waals surface area (Å²) in [5.41, 5.74) is -0.252. The van der Waals surface area contributed by atoms with Gasteiger partial charge < -0.3 is 25.3 Å². The van der Waals surface area contributed by atoms with E-state index < -0.39 is 5.60 Å². The molecule has 0 bridgehead atoms. The standard InChI is InChI=1S/C19H30N4O3/c24-13-12-22-9-3-4-16(15-22)14-21-18(25)23-10-6-19(26,7-11-23)17-5-1-2-8-20-17/h1-2,5,8,16,24,26H,3-4,6-7,9-15H2,(H,21,25). The van der Waals surface area contributed by atoms with Crippen molar-refractivity contribution in [2.75, 3.05) is 45.9 Å². The van der Waals surface area contributed by atoms with Crippen molar-refractivity contribution in [3.63, 3.8) is 0 Å². The summed E-state index contributed by atoms with van der Waals surface area (Å²) in [4.78, 5) is 20.8. The van der Waals surface area contributed by atoms with E-state index >= 15 is 0 Å². The lowest BCUT2D eigenvalue weighted by Gasteiger charge is -2.38. The maximum Gasteiger partial charge on any atom is 0.317 e. The topological polar surface area (TPSA) is 88.9 Å². The molecule has 0 aliphatic carbocycles. The summed E-state index contributed by atoms with van der Waals surface area (Å²) in [5.74, 6) is 0.439. The summed E-state index contributed by atoms with van der Waals surface area (Å²) in [6, 6.07) is 5.51. The molecule has 3 N–H and O–H groups in total. The molecule has 7 nitrogen and oxygen atoms in total. The molecule has 3 heterocycles. The molecule has 0 aromatic carbocycles. The number of pyridine rings is 1. The van der Waals surface area contributed by atoms with Crippen molar-refractivity contribution in [3.8, 4) is 0 Å². The molecule has 7 heteroatoms. The predicted molar refractivity (Wildman–Crippen MR) is 98.6 cm³/mol. The number of aliphatic hydroxyl groups is 2. The Morgan fingerprint density at radius 1 is 1.31 bits per heavy atom. The molecule has 1 aromatic heterocycles. The lowest BCUT2D eigenvalue weighted by molar-refractivity contribution is -0.0204. The monoisotopic (exact) mass is 362 g/mol. The Balaban J connectivity index is 1.44. The molecule has 144 valence electrons. The van der Waals surface area contributed by atoms with Crippen LogP contribution in [0.15, 0.2) is 24.4 Å². The Kier molecular flexibility index (Phi) is 6.45. The summed E-state index contributed by atoms with van der Waals surface area (Å²) < 4.78 is 0. The summed E-state index contributed by atoms with van der Waals surface area (Å²) in [6.45, 7) is 4.58. The van der Waals surface area contributed by atoms with E-state index in [4.69, 9.17) is 5.11 Å². The van der Waals surface area contributed by atoms with E-state index in [2.05, 4.69) is 15.2 Å². The van der Waals surface area contributed by atoms with E-state index in [9.17, 15) is 9.90 Å². The normalized spacial score (nSPS) is 23.6. The van der Waals surface area contributed by atoms with Crippen molar-refractivity contribution >= 4 is 6.03 Å². The molecular weight excluding hydrogens is 332 g/mol. The van der Waals surface area contributed by atoms with Gasteiger partial charge in [0.25, 0.3) is 0 Å². The van der Waals surface area contributed by atoms with E-state index in [0.717, 1.165) is 25.9 Å². The Hall–Kier alpha value is -1.70. The average molecular weight is 362 g/mol. The van der Waals surface area contributed by atoms with Crippen molar-refractivity contribution in [2.24, 2.45) is 5.92 Å². The van der Waals surface area contributed by atoms with Crippen molar-refractivity contribution in [2.45, 2.75) is 31.3 Å². The fourth-order valence-corrected chi connectivity index (χ4v) is 3.98. The van der Waals surface area contributed by atoms with Gasteiger partial charge in [0.15, 0.2) is 0 Å². The van der Waals surface area contributed by atoms with Gasteiger partial charge in [-0.25, -0.2) is 4.79 Å². The number of carbonyl (C=O) groups is 1. The van der Waals surface area contributed by atoms with Gasteiger partial charge >= 0.3 is 6.03 Å². The maximum absolute atomic E-state index is 12.5. The van der Waals surface area contributed by atoms with E-state index in [-0.39, 0.29) is 12.6 Å². The molecule has 26 heavy (non-hydrogen) atoms. The second-order valence-corrected chi connectivity index (χ2v) is 7.45. The third-order valence-electron chi connectivity index (χ3n) is 5.58. The van der Waals surface area contributed by atoms with Gasteiger partial charge in [-0.3, -0.25) is 4.98 Å². The van der Waals surface area contributed by atoms with E-state index in [1.807, 2.05) is 18.2 Å². The third kappa shape index (κ3) is 4.72. The molecule has 0 spiro atoms. The quantitative estimate of drug-likeness (QED) is 0.720. The first-order valence-corrected chi connectivity index (χ1v) is 9.60. The molecule has 1 aromatic rings. The number of aliphatic hydroxyl groups excluding tert-OH is 1. The van der Waals surface area contributed by atoms with Crippen LogP contribution in [0.1, 0.15) is 31.4 Å². The maximum atomic E-state index is 12.5. The number of amides is 2. The van der Waals surface area contributed by atoms with E-state index in [0.29, 0.717) is 50.6 Å². The van der Waals surface area contributed by atoms with E-state index in [1.54, 1.807) is 11.1 Å². The van der Waals surface area contributed by atoms with Crippen LogP contribution in [0.4, 0.5) is 4.79 Å². The van der Waals surface area contributed by atoms with Gasteiger partial charge in [0.1, 0.15) is 5.60 Å². The minimum Gasteiger partial charge on any atom is -0.395 e. The van der Waals surface area contributed by atoms with Crippen LogP contribution in [0.3, 0.4) is 0 Å². The number of hydrogen-bond donors (Lipinski definition) is 3. The number of piperidine rings is 2. The molecule has 0 radical (unpaired) electrons. The van der Waals surface area contributed by atoms with Gasteiger partial charge in [-0.05, 0) is 50.3 Å². The highest BCUT2D eigenvalue weighted by molar-refractivity contribution is 5.74. The molecule has 2 fully saturated rings. The zero-order valence-electron chi connectivity index (χ0n) is 15.3. The highest BCUT2D eigenvalue weighted by atomic mass is 16.3. The third-order valence-corrected chi connectivity index (χ3v) is 5.58. The van der Waals surface area contributed by atoms with Gasteiger partial charge in [-0.1, -0.05) is 6.07 Å². The fourth-order valence-electron chi connectivity index (χ4n) is 3.98. The minimum atomic E-state index is -0.938. The number of β-amino-alcohol motifs (C(OH)–C–C–N with tert-alkyl or cyclic N) is 1. The molecule has 1 unspecified atom stereocenters. The zero-order chi connectivity index (χ0) is 18.4. The number of nitrogens with one attached hydrogen (secondary N) is 1. The molecule has 1 atom stereocenters. The van der Waals surface area contributed by atoms with Crippen molar-refractivity contribution < 1.29 is 15.0 Å². The number of aromatic nitrogens is 1. The van der Waals surface area contributed by atoms with Gasteiger partial charge in [0, 0.05) is 38.9 Å². The van der Waals surface area contributed by atoms with Crippen LogP contribution in [0.25, 0.3) is 0 Å². The van der Waals surface area contributed by atoms with Crippen LogP contribution >= 0.6 is 0 Å². The van der Waals surface area contributed by atoms with Gasteiger partial charge in [0.2, 0.25) is 0 Å². The zero-order valence-corrected chi connectivity index (χ0v) is 15.3. The van der Waals surface area contributed by atoms with Crippen molar-refractivity contribution in [3.05, 3.63) is 30.1 Å². The van der Waals surface area contributed by atoms with Crippen LogP contribution in [0.5, 0.6) is 0 Å². The van der Waals surface area contributed by atoms with Crippen molar-refractivity contribution in [1.82, 2.24) is 20.1 Å². The molecular formula is C19H30N4O3. The molecule has 0 saturated carbocycles. The largest absolute Gasteiger partial charge is 0.395 e. The molecule has 2 amide bonds. The Morgan fingerprint density at radius 2 is 2.12 bits per heavy atom. The first kappa shape index (κ1) is 19.1. The second kappa shape index (κ2) is 8.79. The van der Waals surface area contributed by atoms with Crippen molar-refractivity contribution in [1.29, 1.82) is 0 Å². The minimum absolute atomic E-state index is 0.0487. The van der Waals surface area contributed by atoms with E-state index in [1.165, 1.54) is 0 Å². The molecule has 2 saturated heterocycles. The smallest absolute Gasteiger partial charge is 0.317 e. The number of hydrogen-bond acceptors (Lipinski definition) is 5. The SMILES string of the molecule is O=C(NCC1CCCN(CCO)C1)N1CCC(O)(c2ccccn2)CC1. The lowest BCUT2D eigenvalue weighted by atomic mass is 9.88. The van der Waals surface area contributed by atoms with Crippen LogP contribution < -0.4 is 5.32 Å². The van der Waals surface area contributed by atoms with Crippen LogP contribution in [-0.2, 0) is 5.60 Å². The van der Waals surface area contributed by atoms with Gasteiger partial charge in [0.05, 0.1) is 12.3 Å². The summed E-state index contributed by atoms with van der Waals surface area (Å²) in [5, 5.41) is 22.9. The highest BCUT2D eigenvalue weighted by Gasteiger charge is 2.36. The molecule has 3 rings (SSSR count). The number of nitrogens with zero attached hydrogens (tertiary/aromatic N) is 3. The number of likely N-dealkylation sites (tertiary alicyclic amines) is 2. The summed E-state index contributed by atoms with van der Waals surface area (Å²) in [6.07, 6.45) is 4.93. The van der Waals surface area contributed by atoms with Gasteiger partial charge in [-0.2, -0.15) is 0 Å².